The van der Waals surface area contributed by atoms with Crippen LogP contribution in [0.5, 0.6) is 0 Å². The number of halogens is 4. The van der Waals surface area contributed by atoms with Crippen LogP contribution in [0.1, 0.15) is 17.0 Å². The van der Waals surface area contributed by atoms with Crippen molar-refractivity contribution in [2.45, 2.75) is 19.6 Å². The van der Waals surface area contributed by atoms with Gasteiger partial charge in [-0.2, -0.15) is 13.2 Å². The molecule has 0 aliphatic rings. The molecule has 3 aromatic rings. The van der Waals surface area contributed by atoms with E-state index in [4.69, 9.17) is 11.6 Å². The molecule has 0 saturated heterocycles. The molecule has 0 aliphatic carbocycles. The van der Waals surface area contributed by atoms with Gasteiger partial charge in [-0.1, -0.05) is 41.9 Å². The van der Waals surface area contributed by atoms with Crippen molar-refractivity contribution in [2.24, 2.45) is 0 Å². The fourth-order valence-electron chi connectivity index (χ4n) is 2.53. The lowest BCUT2D eigenvalue weighted by Gasteiger charge is -2.15. The summed E-state index contributed by atoms with van der Waals surface area (Å²) in [5.74, 6) is 1.17. The second-order valence-electron chi connectivity index (χ2n) is 5.80. The molecule has 1 heterocycles. The first-order valence-corrected chi connectivity index (χ1v) is 8.47. The standard InChI is InChI=1S/C19H16ClF3N4/c1-12-25-17(24-11-13-6-2-4-8-15(13)20)10-18(26-12)27-16-9-5-3-7-14(16)19(21,22)23/h2-10H,11H2,1H3,(H2,24,25,26,27). The highest BCUT2D eigenvalue weighted by molar-refractivity contribution is 6.31. The summed E-state index contributed by atoms with van der Waals surface area (Å²) in [6.45, 7) is 2.09. The second kappa shape index (κ2) is 7.84. The first-order valence-electron chi connectivity index (χ1n) is 8.09. The van der Waals surface area contributed by atoms with Gasteiger partial charge in [0.15, 0.2) is 0 Å². The van der Waals surface area contributed by atoms with E-state index in [-0.39, 0.29) is 11.5 Å². The number of nitrogens with zero attached hydrogens (tertiary/aromatic N) is 2. The molecule has 3 rings (SSSR count). The van der Waals surface area contributed by atoms with Crippen LogP contribution in [0.3, 0.4) is 0 Å². The van der Waals surface area contributed by atoms with Crippen LogP contribution in [0.2, 0.25) is 5.02 Å². The van der Waals surface area contributed by atoms with Gasteiger partial charge in [-0.15, -0.1) is 0 Å². The maximum Gasteiger partial charge on any atom is 0.418 e. The summed E-state index contributed by atoms with van der Waals surface area (Å²) < 4.78 is 39.5. The number of aromatic nitrogens is 2. The van der Waals surface area contributed by atoms with Crippen molar-refractivity contribution in [1.82, 2.24) is 9.97 Å². The van der Waals surface area contributed by atoms with Gasteiger partial charge in [0.2, 0.25) is 0 Å². The Kier molecular flexibility index (Phi) is 5.51. The van der Waals surface area contributed by atoms with E-state index in [2.05, 4.69) is 20.6 Å². The van der Waals surface area contributed by atoms with E-state index in [1.165, 1.54) is 18.2 Å². The van der Waals surface area contributed by atoms with Crippen molar-refractivity contribution in [2.75, 3.05) is 10.6 Å². The van der Waals surface area contributed by atoms with Gasteiger partial charge in [-0.25, -0.2) is 9.97 Å². The monoisotopic (exact) mass is 392 g/mol. The normalized spacial score (nSPS) is 11.3. The summed E-state index contributed by atoms with van der Waals surface area (Å²) in [6.07, 6.45) is -4.46. The summed E-state index contributed by atoms with van der Waals surface area (Å²) in [4.78, 5) is 8.43. The minimum atomic E-state index is -4.46. The Morgan fingerprint density at radius 2 is 1.63 bits per heavy atom. The molecule has 0 amide bonds. The second-order valence-corrected chi connectivity index (χ2v) is 6.21. The van der Waals surface area contributed by atoms with Gasteiger partial charge in [-0.3, -0.25) is 0 Å². The van der Waals surface area contributed by atoms with Gasteiger partial charge in [0.1, 0.15) is 17.5 Å². The largest absolute Gasteiger partial charge is 0.418 e. The molecule has 0 bridgehead atoms. The van der Waals surface area contributed by atoms with E-state index in [1.807, 2.05) is 18.2 Å². The topological polar surface area (TPSA) is 49.8 Å². The third-order valence-corrected chi connectivity index (χ3v) is 4.12. The Balaban J connectivity index is 1.81. The number of rotatable bonds is 5. The van der Waals surface area contributed by atoms with Crippen molar-refractivity contribution < 1.29 is 13.2 Å². The lowest BCUT2D eigenvalue weighted by molar-refractivity contribution is -0.136. The molecule has 1 aromatic heterocycles. The zero-order chi connectivity index (χ0) is 19.4. The molecular weight excluding hydrogens is 377 g/mol. The average Bonchev–Trinajstić information content (AvgIpc) is 2.60. The number of alkyl halides is 3. The summed E-state index contributed by atoms with van der Waals surface area (Å²) in [6, 6.07) is 14.2. The van der Waals surface area contributed by atoms with Crippen molar-refractivity contribution in [3.05, 3.63) is 76.6 Å². The van der Waals surface area contributed by atoms with Crippen molar-refractivity contribution in [3.63, 3.8) is 0 Å². The van der Waals surface area contributed by atoms with E-state index in [9.17, 15) is 13.2 Å². The predicted molar refractivity (Wildman–Crippen MR) is 100 cm³/mol. The number of aryl methyl sites for hydroxylation is 1. The highest BCUT2D eigenvalue weighted by Crippen LogP contribution is 2.35. The highest BCUT2D eigenvalue weighted by atomic mass is 35.5. The summed E-state index contributed by atoms with van der Waals surface area (Å²) in [5, 5.41) is 6.47. The van der Waals surface area contributed by atoms with E-state index >= 15 is 0 Å². The molecule has 0 radical (unpaired) electrons. The van der Waals surface area contributed by atoms with Gasteiger partial charge in [0.05, 0.1) is 11.3 Å². The number of hydrogen-bond acceptors (Lipinski definition) is 4. The molecule has 0 unspecified atom stereocenters. The predicted octanol–water partition coefficient (Wildman–Crippen LogP) is 5.81. The molecule has 27 heavy (non-hydrogen) atoms. The molecule has 4 nitrogen and oxygen atoms in total. The van der Waals surface area contributed by atoms with Crippen LogP contribution < -0.4 is 10.6 Å². The highest BCUT2D eigenvalue weighted by Gasteiger charge is 2.33. The van der Waals surface area contributed by atoms with Crippen LogP contribution in [0, 0.1) is 6.92 Å². The molecule has 0 fully saturated rings. The van der Waals surface area contributed by atoms with Crippen molar-refractivity contribution >= 4 is 28.9 Å². The minimum Gasteiger partial charge on any atom is -0.366 e. The average molecular weight is 393 g/mol. The Morgan fingerprint density at radius 3 is 2.37 bits per heavy atom. The summed E-state index contributed by atoms with van der Waals surface area (Å²) in [7, 11) is 0. The van der Waals surface area contributed by atoms with Gasteiger partial charge in [-0.05, 0) is 30.7 Å². The molecule has 0 atom stereocenters. The van der Waals surface area contributed by atoms with Gasteiger partial charge in [0, 0.05) is 17.6 Å². The minimum absolute atomic E-state index is 0.0693. The zero-order valence-electron chi connectivity index (χ0n) is 14.3. The van der Waals surface area contributed by atoms with Crippen molar-refractivity contribution in [1.29, 1.82) is 0 Å². The van der Waals surface area contributed by atoms with Crippen LogP contribution in [0.15, 0.2) is 54.6 Å². The van der Waals surface area contributed by atoms with E-state index in [0.29, 0.717) is 23.2 Å². The van der Waals surface area contributed by atoms with E-state index < -0.39 is 11.7 Å². The maximum absolute atomic E-state index is 13.2. The van der Waals surface area contributed by atoms with Gasteiger partial charge < -0.3 is 10.6 Å². The van der Waals surface area contributed by atoms with Crippen LogP contribution in [-0.4, -0.2) is 9.97 Å². The Morgan fingerprint density at radius 1 is 0.963 bits per heavy atom. The van der Waals surface area contributed by atoms with Crippen LogP contribution >= 0.6 is 11.6 Å². The third-order valence-electron chi connectivity index (χ3n) is 3.75. The maximum atomic E-state index is 13.2. The molecule has 0 saturated carbocycles. The zero-order valence-corrected chi connectivity index (χ0v) is 15.1. The fraction of sp³-hybridized carbons (Fsp3) is 0.158. The number of nitrogens with one attached hydrogen (secondary N) is 2. The SMILES string of the molecule is Cc1nc(NCc2ccccc2Cl)cc(Nc2ccccc2C(F)(F)F)n1. The van der Waals surface area contributed by atoms with E-state index in [1.54, 1.807) is 19.1 Å². The quantitative estimate of drug-likeness (QED) is 0.575. The third kappa shape index (κ3) is 4.89. The summed E-state index contributed by atoms with van der Waals surface area (Å²) in [5.41, 5.74) is 0.0550. The van der Waals surface area contributed by atoms with Crippen LogP contribution in [0.25, 0.3) is 0 Å². The molecule has 8 heteroatoms. The molecule has 0 spiro atoms. The number of anilines is 3. The number of hydrogen-bond donors (Lipinski definition) is 2. The Labute approximate surface area is 159 Å². The molecule has 140 valence electrons. The number of benzene rings is 2. The molecular formula is C19H16ClF3N4. The fourth-order valence-corrected chi connectivity index (χ4v) is 2.73. The first kappa shape index (κ1) is 19.0. The van der Waals surface area contributed by atoms with Crippen LogP contribution in [-0.2, 0) is 12.7 Å². The Bertz CT molecular complexity index is 944. The van der Waals surface area contributed by atoms with Gasteiger partial charge in [0.25, 0.3) is 0 Å². The molecule has 0 aliphatic heterocycles. The van der Waals surface area contributed by atoms with Gasteiger partial charge >= 0.3 is 6.18 Å². The lowest BCUT2D eigenvalue weighted by atomic mass is 10.1. The van der Waals surface area contributed by atoms with Crippen LogP contribution in [0.4, 0.5) is 30.5 Å². The first-order chi connectivity index (χ1) is 12.8. The summed E-state index contributed by atoms with van der Waals surface area (Å²) >= 11 is 6.13. The smallest absolute Gasteiger partial charge is 0.366 e. The molecule has 2 aromatic carbocycles. The van der Waals surface area contributed by atoms with Crippen molar-refractivity contribution in [3.8, 4) is 0 Å². The number of para-hydroxylation sites is 1. The Hall–Kier alpha value is -2.80. The lowest BCUT2D eigenvalue weighted by Crippen LogP contribution is -2.10. The van der Waals surface area contributed by atoms with E-state index in [0.717, 1.165) is 11.6 Å². The molecule has 2 N–H and O–H groups in total.